The zero-order valence-electron chi connectivity index (χ0n) is 15.1. The van der Waals surface area contributed by atoms with Crippen molar-refractivity contribution in [1.29, 1.82) is 0 Å². The highest BCUT2D eigenvalue weighted by atomic mass is 16.5. The monoisotopic (exact) mass is 357 g/mol. The number of hydrogen-bond acceptors (Lipinski definition) is 5. The van der Waals surface area contributed by atoms with Gasteiger partial charge in [-0.15, -0.1) is 0 Å². The van der Waals surface area contributed by atoms with Crippen LogP contribution in [0.5, 0.6) is 5.88 Å². The van der Waals surface area contributed by atoms with Gasteiger partial charge in [0.1, 0.15) is 0 Å². The number of aromatic amines is 1. The molecular formula is C19H27N5O2. The van der Waals surface area contributed by atoms with E-state index in [4.69, 9.17) is 4.74 Å². The number of pyridine rings is 1. The molecule has 3 heterocycles. The summed E-state index contributed by atoms with van der Waals surface area (Å²) in [5.41, 5.74) is 1.81. The minimum absolute atomic E-state index is 0.105. The topological polar surface area (TPSA) is 83.1 Å². The number of nitrogens with zero attached hydrogens (tertiary/aromatic N) is 3. The van der Waals surface area contributed by atoms with Crippen molar-refractivity contribution in [3.05, 3.63) is 41.9 Å². The molecule has 0 bridgehead atoms. The van der Waals surface area contributed by atoms with Crippen molar-refractivity contribution < 1.29 is 9.53 Å². The van der Waals surface area contributed by atoms with Gasteiger partial charge in [0.05, 0.1) is 18.4 Å². The van der Waals surface area contributed by atoms with Crippen LogP contribution in [0.2, 0.25) is 0 Å². The number of hydrogen-bond donors (Lipinski definition) is 2. The van der Waals surface area contributed by atoms with Crippen LogP contribution in [0.4, 0.5) is 0 Å². The van der Waals surface area contributed by atoms with Crippen molar-refractivity contribution in [2.75, 3.05) is 26.2 Å². The molecule has 7 nitrogen and oxygen atoms in total. The van der Waals surface area contributed by atoms with Gasteiger partial charge in [0, 0.05) is 31.5 Å². The minimum atomic E-state index is -0.105. The van der Waals surface area contributed by atoms with E-state index in [2.05, 4.69) is 31.5 Å². The van der Waals surface area contributed by atoms with Crippen molar-refractivity contribution in [3.63, 3.8) is 0 Å². The summed E-state index contributed by atoms with van der Waals surface area (Å²) >= 11 is 0. The van der Waals surface area contributed by atoms with Gasteiger partial charge >= 0.3 is 0 Å². The van der Waals surface area contributed by atoms with Gasteiger partial charge in [-0.3, -0.25) is 14.8 Å². The largest absolute Gasteiger partial charge is 0.478 e. The summed E-state index contributed by atoms with van der Waals surface area (Å²) in [6.07, 6.45) is 10.6. The molecule has 1 fully saturated rings. The number of ether oxygens (including phenoxy) is 1. The van der Waals surface area contributed by atoms with Gasteiger partial charge in [-0.25, -0.2) is 4.98 Å². The maximum Gasteiger partial charge on any atom is 0.254 e. The van der Waals surface area contributed by atoms with Crippen molar-refractivity contribution >= 4 is 5.91 Å². The Morgan fingerprint density at radius 1 is 1.27 bits per heavy atom. The molecule has 1 aliphatic heterocycles. The molecular weight excluding hydrogens is 330 g/mol. The van der Waals surface area contributed by atoms with Gasteiger partial charge in [-0.1, -0.05) is 6.42 Å². The quantitative estimate of drug-likeness (QED) is 0.673. The lowest BCUT2D eigenvalue weighted by atomic mass is 10.1. The molecule has 3 rings (SSSR count). The molecule has 0 spiro atoms. The summed E-state index contributed by atoms with van der Waals surface area (Å²) in [5.74, 6) is 0.577. The van der Waals surface area contributed by atoms with E-state index in [0.717, 1.165) is 19.4 Å². The van der Waals surface area contributed by atoms with Crippen LogP contribution in [0.1, 0.15) is 48.0 Å². The first-order chi connectivity index (χ1) is 12.8. The second-order valence-corrected chi connectivity index (χ2v) is 6.64. The van der Waals surface area contributed by atoms with Crippen LogP contribution in [0.3, 0.4) is 0 Å². The average Bonchev–Trinajstić information content (AvgIpc) is 3.20. The van der Waals surface area contributed by atoms with E-state index in [9.17, 15) is 4.79 Å². The summed E-state index contributed by atoms with van der Waals surface area (Å²) in [7, 11) is 0. The number of unbranched alkanes of at least 4 members (excludes halogenated alkanes) is 1. The fourth-order valence-corrected chi connectivity index (χ4v) is 3.09. The van der Waals surface area contributed by atoms with E-state index in [1.165, 1.54) is 44.1 Å². The Bertz CT molecular complexity index is 668. The smallest absolute Gasteiger partial charge is 0.254 e. The lowest BCUT2D eigenvalue weighted by Crippen LogP contribution is -2.29. The Hall–Kier alpha value is -2.41. The second kappa shape index (κ2) is 9.91. The highest BCUT2D eigenvalue weighted by Crippen LogP contribution is 2.15. The summed E-state index contributed by atoms with van der Waals surface area (Å²) in [4.78, 5) is 18.5. The molecule has 2 aromatic rings. The van der Waals surface area contributed by atoms with E-state index in [-0.39, 0.29) is 5.91 Å². The Kier molecular flexibility index (Phi) is 7.01. The van der Waals surface area contributed by atoms with Crippen molar-refractivity contribution in [2.45, 2.75) is 38.6 Å². The van der Waals surface area contributed by atoms with Crippen LogP contribution >= 0.6 is 0 Å². The molecule has 0 saturated carbocycles. The van der Waals surface area contributed by atoms with Gasteiger partial charge in [0.15, 0.2) is 0 Å². The molecule has 0 unspecified atom stereocenters. The fourth-order valence-electron chi connectivity index (χ4n) is 3.09. The van der Waals surface area contributed by atoms with Gasteiger partial charge in [-0.05, 0) is 50.4 Å². The van der Waals surface area contributed by atoms with Crippen molar-refractivity contribution in [2.24, 2.45) is 0 Å². The summed E-state index contributed by atoms with van der Waals surface area (Å²) in [6.45, 7) is 4.56. The third kappa shape index (κ3) is 5.84. The molecule has 0 aliphatic carbocycles. The first kappa shape index (κ1) is 18.4. The molecule has 0 aromatic carbocycles. The Morgan fingerprint density at radius 3 is 2.96 bits per heavy atom. The summed E-state index contributed by atoms with van der Waals surface area (Å²) in [6, 6.07) is 4.10. The standard InChI is InChI=1S/C19H27N5O2/c25-19(17-13-22-23-14-17)21-7-2-5-11-26-18-12-16(6-8-20-18)15-24-9-3-1-4-10-24/h6,8,12-14H,1-5,7,9-11,15H2,(H,21,25)(H,22,23). The SMILES string of the molecule is O=C(NCCCCOc1cc(CN2CCCCC2)ccn1)c1cn[nH]c1. The highest BCUT2D eigenvalue weighted by Gasteiger charge is 2.11. The molecule has 1 aliphatic rings. The summed E-state index contributed by atoms with van der Waals surface area (Å²) < 4.78 is 5.76. The van der Waals surface area contributed by atoms with Crippen molar-refractivity contribution in [3.8, 4) is 5.88 Å². The second-order valence-electron chi connectivity index (χ2n) is 6.64. The highest BCUT2D eigenvalue weighted by molar-refractivity contribution is 5.93. The first-order valence-corrected chi connectivity index (χ1v) is 9.38. The molecule has 26 heavy (non-hydrogen) atoms. The Morgan fingerprint density at radius 2 is 2.15 bits per heavy atom. The van der Waals surface area contributed by atoms with Crippen LogP contribution in [-0.2, 0) is 6.54 Å². The predicted octanol–water partition coefficient (Wildman–Crippen LogP) is 2.38. The number of piperidine rings is 1. The molecule has 0 atom stereocenters. The number of carbonyl (C=O) groups excluding carboxylic acids is 1. The average molecular weight is 357 g/mol. The van der Waals surface area contributed by atoms with E-state index in [1.54, 1.807) is 6.20 Å². The van der Waals surface area contributed by atoms with Gasteiger partial charge < -0.3 is 10.1 Å². The van der Waals surface area contributed by atoms with E-state index in [1.807, 2.05) is 12.3 Å². The number of amides is 1. The Balaban J connectivity index is 1.32. The number of carbonyl (C=O) groups is 1. The number of nitrogens with one attached hydrogen (secondary N) is 2. The van der Waals surface area contributed by atoms with Crippen LogP contribution in [0.25, 0.3) is 0 Å². The van der Waals surface area contributed by atoms with Crippen LogP contribution in [0.15, 0.2) is 30.7 Å². The lowest BCUT2D eigenvalue weighted by Gasteiger charge is -2.26. The molecule has 7 heteroatoms. The number of aromatic nitrogens is 3. The number of H-pyrrole nitrogens is 1. The third-order valence-corrected chi connectivity index (χ3v) is 4.52. The van der Waals surface area contributed by atoms with Crippen molar-refractivity contribution in [1.82, 2.24) is 25.4 Å². The molecule has 0 radical (unpaired) electrons. The zero-order valence-corrected chi connectivity index (χ0v) is 15.1. The maximum atomic E-state index is 11.7. The van der Waals surface area contributed by atoms with Gasteiger partial charge in [-0.2, -0.15) is 5.10 Å². The maximum absolute atomic E-state index is 11.7. The van der Waals surface area contributed by atoms with Crippen LogP contribution in [0, 0.1) is 0 Å². The van der Waals surface area contributed by atoms with Gasteiger partial charge in [0.2, 0.25) is 5.88 Å². The predicted molar refractivity (Wildman–Crippen MR) is 99.0 cm³/mol. The number of likely N-dealkylation sites (tertiary alicyclic amines) is 1. The fraction of sp³-hybridized carbons (Fsp3) is 0.526. The molecule has 140 valence electrons. The third-order valence-electron chi connectivity index (χ3n) is 4.52. The zero-order chi connectivity index (χ0) is 18.0. The first-order valence-electron chi connectivity index (χ1n) is 9.38. The van der Waals surface area contributed by atoms with E-state index < -0.39 is 0 Å². The molecule has 1 saturated heterocycles. The molecule has 1 amide bonds. The molecule has 2 aromatic heterocycles. The number of rotatable bonds is 9. The summed E-state index contributed by atoms with van der Waals surface area (Å²) in [5, 5.41) is 9.25. The molecule has 2 N–H and O–H groups in total. The van der Waals surface area contributed by atoms with E-state index in [0.29, 0.717) is 24.6 Å². The minimum Gasteiger partial charge on any atom is -0.478 e. The normalized spacial score (nSPS) is 14.9. The Labute approximate surface area is 154 Å². The van der Waals surface area contributed by atoms with Crippen LogP contribution in [-0.4, -0.2) is 52.2 Å². The lowest BCUT2D eigenvalue weighted by molar-refractivity contribution is 0.0952. The van der Waals surface area contributed by atoms with E-state index >= 15 is 0 Å². The van der Waals surface area contributed by atoms with Crippen LogP contribution < -0.4 is 10.1 Å². The van der Waals surface area contributed by atoms with Gasteiger partial charge in [0.25, 0.3) is 5.91 Å².